The Bertz CT molecular complexity index is 51.1. The fraction of sp³-hybridized carbons (Fsp3) is 0.200. The van der Waals surface area contributed by atoms with Gasteiger partial charge in [-0.1, -0.05) is 0 Å². The van der Waals surface area contributed by atoms with Crippen molar-refractivity contribution < 1.29 is 0 Å². The van der Waals surface area contributed by atoms with E-state index in [4.69, 9.17) is 6.58 Å². The van der Waals surface area contributed by atoms with E-state index in [2.05, 4.69) is 6.58 Å². The van der Waals surface area contributed by atoms with Crippen molar-refractivity contribution in [1.29, 1.82) is 0 Å². The zero-order chi connectivity index (χ0) is 4.28. The highest BCUT2D eigenvalue weighted by atomic mass is 13.7. The van der Waals surface area contributed by atoms with Gasteiger partial charge in [0.15, 0.2) is 5.57 Å². The summed E-state index contributed by atoms with van der Waals surface area (Å²) < 4.78 is 0. The topological polar surface area (TPSA) is 0 Å². The van der Waals surface area contributed by atoms with Gasteiger partial charge in [0.25, 0.3) is 0 Å². The van der Waals surface area contributed by atoms with Crippen LogP contribution in [0.2, 0.25) is 0 Å². The van der Waals surface area contributed by atoms with Gasteiger partial charge in [-0.25, -0.2) is 0 Å². The first kappa shape index (κ1) is 4.39. The van der Waals surface area contributed by atoms with Crippen molar-refractivity contribution in [1.82, 2.24) is 0 Å². The molecular weight excluding hydrogens is 60.1 g/mol. The molecule has 0 heteroatoms. The van der Waals surface area contributed by atoms with Crippen LogP contribution in [0.15, 0.2) is 18.2 Å². The molecule has 0 spiro atoms. The average Bonchev–Trinajstić information content (AvgIpc) is 1.38. The Morgan fingerprint density at radius 1 is 2.00 bits per heavy atom. The fourth-order valence-electron chi connectivity index (χ4n) is 0. The van der Waals surface area contributed by atoms with Crippen LogP contribution in [0.1, 0.15) is 6.92 Å². The van der Waals surface area contributed by atoms with Crippen molar-refractivity contribution >= 4 is 0 Å². The molecule has 0 aliphatic rings. The van der Waals surface area contributed by atoms with Crippen LogP contribution in [0, 0.1) is 6.58 Å². The maximum Gasteiger partial charge on any atom is 0.160 e. The fourth-order valence-corrected chi connectivity index (χ4v) is 0. The Balaban J connectivity index is 3.20. The number of rotatable bonds is 1. The molecule has 0 rings (SSSR count). The molecule has 0 unspecified atom stereocenters. The summed E-state index contributed by atoms with van der Waals surface area (Å²) in [5.41, 5.74) is 0.769. The van der Waals surface area contributed by atoms with Gasteiger partial charge in [-0.2, -0.15) is 0 Å². The molecule has 0 aromatic heterocycles. The average molecular weight is 67.1 g/mol. The van der Waals surface area contributed by atoms with E-state index in [-0.39, 0.29) is 0 Å². The van der Waals surface area contributed by atoms with Crippen LogP contribution >= 0.6 is 0 Å². The number of allylic oxidation sites excluding steroid dienone is 2. The minimum atomic E-state index is 0.769. The summed E-state index contributed by atoms with van der Waals surface area (Å²) in [6.45, 7) is 10.3. The van der Waals surface area contributed by atoms with Gasteiger partial charge in [-0.05, 0) is 6.58 Å². The minimum Gasteiger partial charge on any atom is -0.0143 e. The van der Waals surface area contributed by atoms with E-state index in [1.807, 2.05) is 0 Å². The van der Waals surface area contributed by atoms with Gasteiger partial charge < -0.3 is 0 Å². The van der Waals surface area contributed by atoms with Gasteiger partial charge in [0, 0.05) is 6.92 Å². The first-order valence-electron chi connectivity index (χ1n) is 1.49. The van der Waals surface area contributed by atoms with Gasteiger partial charge in [0.2, 0.25) is 0 Å². The molecule has 0 radical (unpaired) electrons. The van der Waals surface area contributed by atoms with E-state index < -0.39 is 0 Å². The van der Waals surface area contributed by atoms with E-state index in [0.29, 0.717) is 0 Å². The van der Waals surface area contributed by atoms with Gasteiger partial charge in [0.05, 0.1) is 12.7 Å². The maximum absolute atomic E-state index is 5.09. The molecule has 0 atom stereocenters. The van der Waals surface area contributed by atoms with E-state index in [1.165, 1.54) is 0 Å². The highest BCUT2D eigenvalue weighted by Crippen LogP contribution is 1.80. The highest BCUT2D eigenvalue weighted by Gasteiger charge is 1.75. The molecule has 0 saturated heterocycles. The maximum atomic E-state index is 5.09. The molecule has 5 heavy (non-hydrogen) atoms. The summed E-state index contributed by atoms with van der Waals surface area (Å²) in [4.78, 5) is 0. The summed E-state index contributed by atoms with van der Waals surface area (Å²) in [6, 6.07) is 0. The summed E-state index contributed by atoms with van der Waals surface area (Å²) >= 11 is 0. The SMILES string of the molecule is [CH+]=C(C)C=C. The van der Waals surface area contributed by atoms with Gasteiger partial charge in [-0.3, -0.25) is 0 Å². The molecule has 26 valence electrons. The lowest BCUT2D eigenvalue weighted by Gasteiger charge is -1.56. The molecule has 0 aromatic carbocycles. The normalized spacial score (nSPS) is 6.40. The molecule has 0 nitrogen and oxygen atoms in total. The molecule has 0 aliphatic carbocycles. The number of hydrogen-bond donors (Lipinski definition) is 0. The highest BCUT2D eigenvalue weighted by molar-refractivity contribution is 5.03. The van der Waals surface area contributed by atoms with E-state index in [0.717, 1.165) is 5.57 Å². The Morgan fingerprint density at radius 3 is 2.20 bits per heavy atom. The molecule has 0 aromatic rings. The zero-order valence-corrected chi connectivity index (χ0v) is 3.36. The van der Waals surface area contributed by atoms with Crippen LogP contribution < -0.4 is 0 Å². The van der Waals surface area contributed by atoms with Crippen LogP contribution in [0.4, 0.5) is 0 Å². The third-order valence-corrected chi connectivity index (χ3v) is 0.322. The molecule has 0 heterocycles. The Hall–Kier alpha value is -0.610. The van der Waals surface area contributed by atoms with Crippen molar-refractivity contribution in [2.24, 2.45) is 0 Å². The van der Waals surface area contributed by atoms with Crippen LogP contribution in [-0.2, 0) is 0 Å². The Labute approximate surface area is 32.8 Å². The molecule has 0 N–H and O–H groups in total. The van der Waals surface area contributed by atoms with E-state index in [1.54, 1.807) is 13.0 Å². The first-order valence-corrected chi connectivity index (χ1v) is 1.49. The van der Waals surface area contributed by atoms with E-state index >= 15 is 0 Å². The van der Waals surface area contributed by atoms with Gasteiger partial charge in [0.1, 0.15) is 0 Å². The van der Waals surface area contributed by atoms with Crippen LogP contribution in [0.25, 0.3) is 0 Å². The lowest BCUT2D eigenvalue weighted by molar-refractivity contribution is 1.56. The standard InChI is InChI=1S/C5H7/c1-4-5(2)3/h2,4H,1H2,3H3/q+1. The van der Waals surface area contributed by atoms with Crippen LogP contribution in [0.3, 0.4) is 0 Å². The second-order valence-electron chi connectivity index (χ2n) is 0.948. The monoisotopic (exact) mass is 67.1 g/mol. The van der Waals surface area contributed by atoms with Crippen LogP contribution in [0.5, 0.6) is 0 Å². The summed E-state index contributed by atoms with van der Waals surface area (Å²) in [5.74, 6) is 0. The second kappa shape index (κ2) is 1.68. The van der Waals surface area contributed by atoms with Gasteiger partial charge in [-0.15, -0.1) is 0 Å². The largest absolute Gasteiger partial charge is 0.160 e. The quantitative estimate of drug-likeness (QED) is 0.322. The van der Waals surface area contributed by atoms with Crippen molar-refractivity contribution in [3.63, 3.8) is 0 Å². The summed E-state index contributed by atoms with van der Waals surface area (Å²) in [6.07, 6.45) is 1.61. The second-order valence-corrected chi connectivity index (χ2v) is 0.948. The first-order chi connectivity index (χ1) is 2.27. The number of hydrogen-bond acceptors (Lipinski definition) is 0. The molecule has 0 fully saturated rings. The molecule has 0 amide bonds. The third kappa shape index (κ3) is 3.39. The van der Waals surface area contributed by atoms with E-state index in [9.17, 15) is 0 Å². The summed E-state index contributed by atoms with van der Waals surface area (Å²) in [7, 11) is 0. The van der Waals surface area contributed by atoms with Crippen LogP contribution in [-0.4, -0.2) is 0 Å². The lowest BCUT2D eigenvalue weighted by atomic mass is 10.4. The Kier molecular flexibility index (Phi) is 1.48. The smallest absolute Gasteiger partial charge is 0.0143 e. The Morgan fingerprint density at radius 2 is 2.20 bits per heavy atom. The molecule has 0 aliphatic heterocycles. The molecule has 0 saturated carbocycles. The van der Waals surface area contributed by atoms with Crippen molar-refractivity contribution in [3.05, 3.63) is 24.8 Å². The summed E-state index contributed by atoms with van der Waals surface area (Å²) in [5, 5.41) is 0. The predicted molar refractivity (Wildman–Crippen MR) is 23.7 cm³/mol. The molecular formula is C5H7+. The van der Waals surface area contributed by atoms with Crippen molar-refractivity contribution in [3.8, 4) is 0 Å². The minimum absolute atomic E-state index is 0.769. The van der Waals surface area contributed by atoms with Gasteiger partial charge >= 0.3 is 0 Å². The predicted octanol–water partition coefficient (Wildman–Crippen LogP) is 1.55. The third-order valence-electron chi connectivity index (χ3n) is 0.322. The van der Waals surface area contributed by atoms with Crippen molar-refractivity contribution in [2.45, 2.75) is 6.92 Å². The zero-order valence-electron chi connectivity index (χ0n) is 3.36. The molecule has 0 bridgehead atoms. The lowest BCUT2D eigenvalue weighted by Crippen LogP contribution is -1.50. The van der Waals surface area contributed by atoms with Crippen molar-refractivity contribution in [2.75, 3.05) is 0 Å².